The monoisotopic (exact) mass is 173 g/mol. The first-order valence-corrected chi connectivity index (χ1v) is 4.95. The van der Waals surface area contributed by atoms with E-state index >= 15 is 0 Å². The second-order valence-electron chi connectivity index (χ2n) is 3.55. The first-order valence-electron chi connectivity index (χ1n) is 4.95. The lowest BCUT2D eigenvalue weighted by Crippen LogP contribution is -2.48. The Morgan fingerprint density at radius 3 is 2.17 bits per heavy atom. The van der Waals surface area contributed by atoms with Crippen molar-refractivity contribution in [3.8, 4) is 0 Å². The summed E-state index contributed by atoms with van der Waals surface area (Å²) >= 11 is 0. The quantitative estimate of drug-likeness (QED) is 0.665. The minimum Gasteiger partial charge on any atom is -0.374 e. The first kappa shape index (κ1) is 11.9. The summed E-state index contributed by atoms with van der Waals surface area (Å²) in [4.78, 5) is 0. The van der Waals surface area contributed by atoms with Gasteiger partial charge in [-0.25, -0.2) is 0 Å². The Balaban J connectivity index is 4.05. The van der Waals surface area contributed by atoms with Gasteiger partial charge < -0.3 is 10.1 Å². The Hall–Kier alpha value is -0.0800. The van der Waals surface area contributed by atoms with Crippen LogP contribution < -0.4 is 5.32 Å². The van der Waals surface area contributed by atoms with Gasteiger partial charge in [0.05, 0.1) is 5.60 Å². The molecular formula is C10H23NO. The van der Waals surface area contributed by atoms with E-state index in [9.17, 15) is 0 Å². The topological polar surface area (TPSA) is 21.3 Å². The molecule has 0 aromatic heterocycles. The Kier molecular flexibility index (Phi) is 5.51. The molecule has 1 unspecified atom stereocenters. The lowest BCUT2D eigenvalue weighted by molar-refractivity contribution is -0.0386. The van der Waals surface area contributed by atoms with Crippen LogP contribution in [0.3, 0.4) is 0 Å². The molecule has 0 aromatic carbocycles. The van der Waals surface area contributed by atoms with Gasteiger partial charge in [-0.1, -0.05) is 13.8 Å². The summed E-state index contributed by atoms with van der Waals surface area (Å²) in [7, 11) is 0. The zero-order valence-corrected chi connectivity index (χ0v) is 9.11. The molecule has 0 amide bonds. The van der Waals surface area contributed by atoms with Crippen LogP contribution in [0.4, 0.5) is 0 Å². The van der Waals surface area contributed by atoms with Gasteiger partial charge in [-0.2, -0.15) is 0 Å². The van der Waals surface area contributed by atoms with Crippen LogP contribution in [-0.2, 0) is 4.74 Å². The molecule has 0 aromatic rings. The largest absolute Gasteiger partial charge is 0.374 e. The summed E-state index contributed by atoms with van der Waals surface area (Å²) in [5, 5.41) is 3.43. The third-order valence-corrected chi connectivity index (χ3v) is 2.21. The smallest absolute Gasteiger partial charge is 0.0778 e. The maximum absolute atomic E-state index is 5.67. The fraction of sp³-hybridized carbons (Fsp3) is 1.00. The van der Waals surface area contributed by atoms with Crippen LogP contribution in [0.25, 0.3) is 0 Å². The minimum atomic E-state index is -0.0422. The van der Waals surface area contributed by atoms with Gasteiger partial charge in [-0.05, 0) is 33.7 Å². The standard InChI is InChI=1S/C10H23NO/c1-6-9(11-7-2)10(4,5)12-8-3/h9,11H,6-8H2,1-5H3. The summed E-state index contributed by atoms with van der Waals surface area (Å²) in [5.74, 6) is 0. The summed E-state index contributed by atoms with van der Waals surface area (Å²) in [5.41, 5.74) is -0.0422. The zero-order chi connectivity index (χ0) is 9.61. The molecule has 0 rings (SSSR count). The summed E-state index contributed by atoms with van der Waals surface area (Å²) < 4.78 is 5.67. The Morgan fingerprint density at radius 1 is 1.25 bits per heavy atom. The molecule has 0 bridgehead atoms. The SMILES string of the molecule is CCNC(CC)C(C)(C)OCC. The van der Waals surface area contributed by atoms with Gasteiger partial charge in [0.15, 0.2) is 0 Å². The molecule has 1 N–H and O–H groups in total. The van der Waals surface area contributed by atoms with E-state index in [2.05, 4.69) is 33.0 Å². The van der Waals surface area contributed by atoms with E-state index in [4.69, 9.17) is 4.74 Å². The van der Waals surface area contributed by atoms with Crippen molar-refractivity contribution in [1.82, 2.24) is 5.32 Å². The second-order valence-corrected chi connectivity index (χ2v) is 3.55. The van der Waals surface area contributed by atoms with Crippen LogP contribution in [-0.4, -0.2) is 24.8 Å². The van der Waals surface area contributed by atoms with Gasteiger partial charge in [0.2, 0.25) is 0 Å². The van der Waals surface area contributed by atoms with Gasteiger partial charge in [-0.15, -0.1) is 0 Å². The van der Waals surface area contributed by atoms with Gasteiger partial charge in [0.25, 0.3) is 0 Å². The molecule has 0 heterocycles. The van der Waals surface area contributed by atoms with Crippen molar-refractivity contribution in [2.75, 3.05) is 13.2 Å². The van der Waals surface area contributed by atoms with Gasteiger partial charge >= 0.3 is 0 Å². The maximum Gasteiger partial charge on any atom is 0.0778 e. The number of hydrogen-bond acceptors (Lipinski definition) is 2. The van der Waals surface area contributed by atoms with Crippen molar-refractivity contribution in [3.05, 3.63) is 0 Å². The Morgan fingerprint density at radius 2 is 1.83 bits per heavy atom. The van der Waals surface area contributed by atoms with Crippen LogP contribution in [0.2, 0.25) is 0 Å². The van der Waals surface area contributed by atoms with E-state index in [0.29, 0.717) is 6.04 Å². The Labute approximate surface area is 76.7 Å². The van der Waals surface area contributed by atoms with Crippen molar-refractivity contribution in [2.45, 2.75) is 52.7 Å². The van der Waals surface area contributed by atoms with Crippen LogP contribution in [0, 0.1) is 0 Å². The molecule has 1 atom stereocenters. The van der Waals surface area contributed by atoms with E-state index in [1.165, 1.54) is 0 Å². The number of ether oxygens (including phenoxy) is 1. The minimum absolute atomic E-state index is 0.0422. The lowest BCUT2D eigenvalue weighted by atomic mass is 9.96. The van der Waals surface area contributed by atoms with Gasteiger partial charge in [0.1, 0.15) is 0 Å². The molecule has 0 aliphatic rings. The molecule has 2 nitrogen and oxygen atoms in total. The molecule has 74 valence electrons. The molecule has 12 heavy (non-hydrogen) atoms. The lowest BCUT2D eigenvalue weighted by Gasteiger charge is -2.34. The predicted molar refractivity (Wildman–Crippen MR) is 53.5 cm³/mol. The van der Waals surface area contributed by atoms with Crippen molar-refractivity contribution in [1.29, 1.82) is 0 Å². The van der Waals surface area contributed by atoms with E-state index < -0.39 is 0 Å². The average molecular weight is 173 g/mol. The molecule has 0 saturated heterocycles. The van der Waals surface area contributed by atoms with Crippen molar-refractivity contribution < 1.29 is 4.74 Å². The van der Waals surface area contributed by atoms with E-state index in [1.54, 1.807) is 0 Å². The molecule has 0 spiro atoms. The van der Waals surface area contributed by atoms with E-state index in [1.807, 2.05) is 6.92 Å². The highest BCUT2D eigenvalue weighted by Gasteiger charge is 2.27. The molecule has 0 aliphatic heterocycles. The number of hydrogen-bond donors (Lipinski definition) is 1. The summed E-state index contributed by atoms with van der Waals surface area (Å²) in [6, 6.07) is 0.461. The first-order chi connectivity index (χ1) is 5.58. The highest BCUT2D eigenvalue weighted by molar-refractivity contribution is 4.84. The highest BCUT2D eigenvalue weighted by Crippen LogP contribution is 2.17. The van der Waals surface area contributed by atoms with E-state index in [-0.39, 0.29) is 5.60 Å². The molecule has 2 heteroatoms. The summed E-state index contributed by atoms with van der Waals surface area (Å²) in [6.07, 6.45) is 1.11. The predicted octanol–water partition coefficient (Wildman–Crippen LogP) is 2.19. The van der Waals surface area contributed by atoms with Gasteiger partial charge in [-0.3, -0.25) is 0 Å². The molecule has 0 aliphatic carbocycles. The molecular weight excluding hydrogens is 150 g/mol. The molecule has 0 radical (unpaired) electrons. The normalized spacial score (nSPS) is 14.8. The fourth-order valence-electron chi connectivity index (χ4n) is 1.60. The van der Waals surface area contributed by atoms with Crippen LogP contribution in [0.1, 0.15) is 41.0 Å². The summed E-state index contributed by atoms with van der Waals surface area (Å²) in [6.45, 7) is 12.4. The molecule has 0 saturated carbocycles. The fourth-order valence-corrected chi connectivity index (χ4v) is 1.60. The van der Waals surface area contributed by atoms with Gasteiger partial charge in [0, 0.05) is 12.6 Å². The van der Waals surface area contributed by atoms with E-state index in [0.717, 1.165) is 19.6 Å². The average Bonchev–Trinajstić information content (AvgIpc) is 1.99. The third kappa shape index (κ3) is 3.55. The van der Waals surface area contributed by atoms with Crippen LogP contribution >= 0.6 is 0 Å². The molecule has 0 fully saturated rings. The number of nitrogens with one attached hydrogen (secondary N) is 1. The Bertz CT molecular complexity index is 112. The maximum atomic E-state index is 5.67. The number of likely N-dealkylation sites (N-methyl/N-ethyl adjacent to an activating group) is 1. The van der Waals surface area contributed by atoms with Crippen molar-refractivity contribution in [2.24, 2.45) is 0 Å². The second kappa shape index (κ2) is 5.55. The third-order valence-electron chi connectivity index (χ3n) is 2.21. The number of rotatable bonds is 6. The van der Waals surface area contributed by atoms with Crippen LogP contribution in [0.5, 0.6) is 0 Å². The van der Waals surface area contributed by atoms with Crippen LogP contribution in [0.15, 0.2) is 0 Å². The highest BCUT2D eigenvalue weighted by atomic mass is 16.5. The van der Waals surface area contributed by atoms with Crippen molar-refractivity contribution >= 4 is 0 Å². The zero-order valence-electron chi connectivity index (χ0n) is 9.11. The van der Waals surface area contributed by atoms with Crippen molar-refractivity contribution in [3.63, 3.8) is 0 Å².